The molecule has 1 aliphatic rings. The van der Waals surface area contributed by atoms with Crippen molar-refractivity contribution >= 4 is 38.3 Å². The van der Waals surface area contributed by atoms with Gasteiger partial charge in [-0.1, -0.05) is 0 Å². The van der Waals surface area contributed by atoms with Gasteiger partial charge in [0, 0.05) is 39.3 Å². The maximum Gasteiger partial charge on any atom is 0.326 e. The molecular weight excluding hydrogens is 320 g/mol. The second-order valence-corrected chi connectivity index (χ2v) is 6.25. The Kier molecular flexibility index (Phi) is 4.35. The number of carbonyl (C=O) groups excluding carboxylic acids is 1. The summed E-state index contributed by atoms with van der Waals surface area (Å²) in [5, 5.41) is 14.7. The van der Waals surface area contributed by atoms with Crippen molar-refractivity contribution in [3.63, 3.8) is 0 Å². The van der Waals surface area contributed by atoms with Crippen molar-refractivity contribution in [3.05, 3.63) is 22.5 Å². The van der Waals surface area contributed by atoms with Crippen LogP contribution in [0.4, 0.5) is 10.8 Å². The summed E-state index contributed by atoms with van der Waals surface area (Å²) in [4.78, 5) is 35.1. The minimum absolute atomic E-state index is 0.0172. The summed E-state index contributed by atoms with van der Waals surface area (Å²) in [5.41, 5.74) is 0. The molecule has 1 fully saturated rings. The number of aromatic nitrogens is 2. The normalized spacial score (nSPS) is 14.9. The number of nitrogens with one attached hydrogen (secondary N) is 1. The Morgan fingerprint density at radius 3 is 2.91 bits per heavy atom. The highest BCUT2D eigenvalue weighted by molar-refractivity contribution is 7.21. The average Bonchev–Trinajstić information content (AvgIpc) is 3.00. The van der Waals surface area contributed by atoms with Crippen LogP contribution in [0.25, 0.3) is 10.2 Å². The molecule has 0 saturated carbocycles. The maximum atomic E-state index is 12.3. The van der Waals surface area contributed by atoms with Crippen LogP contribution in [0.1, 0.15) is 0 Å². The Balaban J connectivity index is 1.81. The molecule has 0 aliphatic carbocycles. The Morgan fingerprint density at radius 2 is 2.22 bits per heavy atom. The van der Waals surface area contributed by atoms with Crippen LogP contribution in [0.15, 0.2) is 12.4 Å². The van der Waals surface area contributed by atoms with Gasteiger partial charge in [-0.15, -0.1) is 0 Å². The molecule has 3 rings (SSSR count). The number of likely N-dealkylation sites (N-methyl/N-ethyl adjacent to an activating group) is 1. The number of carbonyl (C=O) groups is 1. The molecule has 9 nitrogen and oxygen atoms in total. The monoisotopic (exact) mass is 336 g/mol. The zero-order valence-electron chi connectivity index (χ0n) is 12.6. The largest absolute Gasteiger partial charge is 0.350 e. The van der Waals surface area contributed by atoms with Crippen LogP contribution >= 0.6 is 11.3 Å². The highest BCUT2D eigenvalue weighted by Gasteiger charge is 2.21. The molecule has 0 unspecified atom stereocenters. The van der Waals surface area contributed by atoms with Crippen LogP contribution in [-0.4, -0.2) is 65.5 Å². The Bertz CT molecular complexity index is 742. The summed E-state index contributed by atoms with van der Waals surface area (Å²) in [6.45, 7) is 3.15. The number of thiophene rings is 1. The first-order valence-electron chi connectivity index (χ1n) is 7.15. The van der Waals surface area contributed by atoms with Gasteiger partial charge >= 0.3 is 5.00 Å². The average molecular weight is 336 g/mol. The number of amides is 1. The highest BCUT2D eigenvalue weighted by Crippen LogP contribution is 2.34. The predicted octanol–water partition coefficient (Wildman–Crippen LogP) is 0.468. The summed E-state index contributed by atoms with van der Waals surface area (Å²) in [6, 6.07) is 1.46. The molecule has 23 heavy (non-hydrogen) atoms. The molecule has 2 aromatic rings. The molecule has 2 aromatic heterocycles. The van der Waals surface area contributed by atoms with Crippen LogP contribution in [0.2, 0.25) is 0 Å². The van der Waals surface area contributed by atoms with Gasteiger partial charge in [-0.05, 0) is 11.3 Å². The fraction of sp³-hybridized carbons (Fsp3) is 0.462. The van der Waals surface area contributed by atoms with E-state index in [1.165, 1.54) is 12.4 Å². The van der Waals surface area contributed by atoms with Crippen molar-refractivity contribution in [1.82, 2.24) is 20.2 Å². The number of nitro groups is 1. The van der Waals surface area contributed by atoms with Crippen LogP contribution in [0.3, 0.4) is 0 Å². The number of nitrogens with zero attached hydrogens (tertiary/aromatic N) is 5. The molecule has 0 aromatic carbocycles. The number of rotatable bonds is 4. The van der Waals surface area contributed by atoms with E-state index in [0.29, 0.717) is 29.1 Å². The molecule has 1 amide bonds. The van der Waals surface area contributed by atoms with Crippen molar-refractivity contribution in [2.75, 3.05) is 44.7 Å². The number of anilines is 1. The lowest BCUT2D eigenvalue weighted by molar-refractivity contribution is -0.380. The van der Waals surface area contributed by atoms with E-state index in [1.54, 1.807) is 16.8 Å². The van der Waals surface area contributed by atoms with Crippen molar-refractivity contribution < 1.29 is 9.72 Å². The Hall–Kier alpha value is -2.33. The second kappa shape index (κ2) is 6.42. The van der Waals surface area contributed by atoms with Gasteiger partial charge in [-0.3, -0.25) is 14.9 Å². The standard InChI is InChI=1S/C13H16N6O3S/c1-17(7-10(20)18-4-2-14-3-5-18)12-9-6-11(19(21)22)23-13(9)16-8-15-12/h6,8,14H,2-5,7H2,1H3. The van der Waals surface area contributed by atoms with Gasteiger partial charge in [-0.25, -0.2) is 9.97 Å². The summed E-state index contributed by atoms with van der Waals surface area (Å²) >= 11 is 1.00. The fourth-order valence-corrected chi connectivity index (χ4v) is 3.33. The molecule has 1 aliphatic heterocycles. The molecule has 10 heteroatoms. The van der Waals surface area contributed by atoms with E-state index in [4.69, 9.17) is 0 Å². The van der Waals surface area contributed by atoms with Crippen molar-refractivity contribution in [2.45, 2.75) is 0 Å². The van der Waals surface area contributed by atoms with E-state index in [-0.39, 0.29) is 17.5 Å². The predicted molar refractivity (Wildman–Crippen MR) is 86.8 cm³/mol. The first-order valence-corrected chi connectivity index (χ1v) is 7.96. The third-order valence-corrected chi connectivity index (χ3v) is 4.67. The van der Waals surface area contributed by atoms with E-state index in [9.17, 15) is 14.9 Å². The smallest absolute Gasteiger partial charge is 0.326 e. The summed E-state index contributed by atoms with van der Waals surface area (Å²) in [6.07, 6.45) is 1.36. The zero-order valence-corrected chi connectivity index (χ0v) is 13.4. The third-order valence-electron chi connectivity index (χ3n) is 3.68. The van der Waals surface area contributed by atoms with Gasteiger partial charge in [-0.2, -0.15) is 0 Å². The van der Waals surface area contributed by atoms with E-state index in [2.05, 4.69) is 15.3 Å². The zero-order chi connectivity index (χ0) is 16.4. The molecule has 0 radical (unpaired) electrons. The molecule has 0 spiro atoms. The molecule has 0 bridgehead atoms. The van der Waals surface area contributed by atoms with E-state index in [0.717, 1.165) is 24.4 Å². The summed E-state index contributed by atoms with van der Waals surface area (Å²) in [5.74, 6) is 0.549. The third kappa shape index (κ3) is 3.22. The van der Waals surface area contributed by atoms with E-state index < -0.39 is 4.92 Å². The van der Waals surface area contributed by atoms with Gasteiger partial charge < -0.3 is 15.1 Å². The molecular formula is C13H16N6O3S. The highest BCUT2D eigenvalue weighted by atomic mass is 32.1. The summed E-state index contributed by atoms with van der Waals surface area (Å²) < 4.78 is 0. The molecule has 1 N–H and O–H groups in total. The first kappa shape index (κ1) is 15.6. The first-order chi connectivity index (χ1) is 11.1. The number of piperazine rings is 1. The van der Waals surface area contributed by atoms with Crippen LogP contribution < -0.4 is 10.2 Å². The Labute approximate surface area is 136 Å². The van der Waals surface area contributed by atoms with Crippen molar-refractivity contribution in [2.24, 2.45) is 0 Å². The van der Waals surface area contributed by atoms with Gasteiger partial charge in [0.2, 0.25) is 5.91 Å². The Morgan fingerprint density at radius 1 is 1.48 bits per heavy atom. The van der Waals surface area contributed by atoms with E-state index in [1.807, 2.05) is 0 Å². The maximum absolute atomic E-state index is 12.3. The van der Waals surface area contributed by atoms with Crippen LogP contribution in [-0.2, 0) is 4.79 Å². The van der Waals surface area contributed by atoms with Crippen LogP contribution in [0, 0.1) is 10.1 Å². The quantitative estimate of drug-likeness (QED) is 0.639. The number of hydrogen-bond donors (Lipinski definition) is 1. The molecule has 3 heterocycles. The van der Waals surface area contributed by atoms with Gasteiger partial charge in [0.1, 0.15) is 17.0 Å². The van der Waals surface area contributed by atoms with Gasteiger partial charge in [0.15, 0.2) is 0 Å². The second-order valence-electron chi connectivity index (χ2n) is 5.24. The van der Waals surface area contributed by atoms with E-state index >= 15 is 0 Å². The van der Waals surface area contributed by atoms with Gasteiger partial charge in [0.25, 0.3) is 0 Å². The SMILES string of the molecule is CN(CC(=O)N1CCNCC1)c1ncnc2sc([N+](=O)[O-])cc12. The lowest BCUT2D eigenvalue weighted by Crippen LogP contribution is -2.49. The van der Waals surface area contributed by atoms with Crippen molar-refractivity contribution in [3.8, 4) is 0 Å². The lowest BCUT2D eigenvalue weighted by Gasteiger charge is -2.29. The molecule has 0 atom stereocenters. The molecule has 1 saturated heterocycles. The van der Waals surface area contributed by atoms with Gasteiger partial charge in [0.05, 0.1) is 16.9 Å². The van der Waals surface area contributed by atoms with Crippen molar-refractivity contribution in [1.29, 1.82) is 0 Å². The topological polar surface area (TPSA) is 104 Å². The fourth-order valence-electron chi connectivity index (χ4n) is 2.52. The van der Waals surface area contributed by atoms with Crippen LogP contribution in [0.5, 0.6) is 0 Å². The summed E-state index contributed by atoms with van der Waals surface area (Å²) in [7, 11) is 1.76. The lowest BCUT2D eigenvalue weighted by atomic mass is 10.3. The number of hydrogen-bond acceptors (Lipinski definition) is 8. The molecule has 122 valence electrons. The minimum Gasteiger partial charge on any atom is -0.350 e. The minimum atomic E-state index is -0.442. The number of fused-ring (bicyclic) bond motifs is 1.